The van der Waals surface area contributed by atoms with Gasteiger partial charge in [-0.25, -0.2) is 0 Å². The van der Waals surface area contributed by atoms with Gasteiger partial charge in [0, 0.05) is 24.0 Å². The van der Waals surface area contributed by atoms with E-state index in [4.69, 9.17) is 0 Å². The molecular weight excluding hydrogens is 340 g/mol. The number of carbonyl (C=O) groups is 1. The number of dihydropyridines is 1. The van der Waals surface area contributed by atoms with Crippen LogP contribution in [0.5, 0.6) is 0 Å². The van der Waals surface area contributed by atoms with Crippen molar-refractivity contribution < 1.29 is 4.79 Å². The van der Waals surface area contributed by atoms with Crippen LogP contribution in [-0.4, -0.2) is 22.1 Å². The number of allylic oxidation sites excluding steroid dienone is 2. The first-order valence-corrected chi connectivity index (χ1v) is 8.41. The molecule has 3 rings (SSSR count). The minimum Gasteiger partial charge on any atom is -0.371 e. The lowest BCUT2D eigenvalue weighted by Crippen LogP contribution is -2.54. The summed E-state index contributed by atoms with van der Waals surface area (Å²) in [6.07, 6.45) is 9.97. The fraction of sp³-hybridized carbons (Fsp3) is 0.250. The van der Waals surface area contributed by atoms with Gasteiger partial charge in [0.15, 0.2) is 0 Å². The van der Waals surface area contributed by atoms with Gasteiger partial charge in [0.25, 0.3) is 5.91 Å². The summed E-state index contributed by atoms with van der Waals surface area (Å²) in [5.74, 6) is -1.35. The summed E-state index contributed by atoms with van der Waals surface area (Å²) in [5.41, 5.74) is 1.18. The van der Waals surface area contributed by atoms with E-state index in [0.717, 1.165) is 0 Å². The monoisotopic (exact) mass is 358 g/mol. The van der Waals surface area contributed by atoms with Crippen molar-refractivity contribution in [2.45, 2.75) is 19.4 Å². The molecule has 1 amide bonds. The number of aromatic nitrogens is 1. The molecule has 1 aromatic rings. The van der Waals surface area contributed by atoms with E-state index in [9.17, 15) is 15.3 Å². The number of nitriles is 2. The maximum absolute atomic E-state index is 12.6. The van der Waals surface area contributed by atoms with Crippen LogP contribution in [0.15, 0.2) is 65.2 Å². The van der Waals surface area contributed by atoms with Crippen LogP contribution in [0.3, 0.4) is 0 Å². The number of hydrogen-bond acceptors (Lipinski definition) is 6. The van der Waals surface area contributed by atoms with Gasteiger partial charge in [-0.1, -0.05) is 12.2 Å². The molecule has 2 aliphatic heterocycles. The second-order valence-electron chi connectivity index (χ2n) is 6.59. The minimum absolute atomic E-state index is 0.323. The smallest absolute Gasteiger partial charge is 0.271 e. The Morgan fingerprint density at radius 2 is 2.22 bits per heavy atom. The first-order chi connectivity index (χ1) is 13.0. The summed E-state index contributed by atoms with van der Waals surface area (Å²) in [6.45, 7) is 3.64. The van der Waals surface area contributed by atoms with Gasteiger partial charge in [-0.2, -0.15) is 10.5 Å². The van der Waals surface area contributed by atoms with Gasteiger partial charge in [-0.3, -0.25) is 14.8 Å². The van der Waals surface area contributed by atoms with Crippen LogP contribution in [0, 0.1) is 34.5 Å². The molecule has 3 atom stereocenters. The highest BCUT2D eigenvalue weighted by molar-refractivity contribution is 6.03. The molecule has 0 aromatic carbocycles. The summed E-state index contributed by atoms with van der Waals surface area (Å²) in [4.78, 5) is 20.8. The Morgan fingerprint density at radius 3 is 2.89 bits per heavy atom. The van der Waals surface area contributed by atoms with Crippen LogP contribution in [0.25, 0.3) is 0 Å². The Balaban J connectivity index is 1.87. The zero-order chi connectivity index (χ0) is 19.4. The highest BCUT2D eigenvalue weighted by Crippen LogP contribution is 2.37. The number of anilines is 1. The molecule has 2 aliphatic rings. The summed E-state index contributed by atoms with van der Waals surface area (Å²) in [7, 11) is 0. The lowest BCUT2D eigenvalue weighted by atomic mass is 9.69. The molecule has 0 saturated heterocycles. The predicted molar refractivity (Wildman–Crippen MR) is 101 cm³/mol. The van der Waals surface area contributed by atoms with E-state index in [-0.39, 0.29) is 5.91 Å². The van der Waals surface area contributed by atoms with Crippen LogP contribution < -0.4 is 10.6 Å². The molecule has 0 fully saturated rings. The lowest BCUT2D eigenvalue weighted by molar-refractivity contribution is -0.113. The predicted octanol–water partition coefficient (Wildman–Crippen LogP) is 2.46. The SMILES string of the molecule is CC1=NC=C(C#N)C(C2(C)C=CC=C(C(=O)Nc3cccnc3)N2)C1C#N. The number of pyridine rings is 1. The Bertz CT molecular complexity index is 960. The minimum atomic E-state index is -0.796. The molecule has 0 bridgehead atoms. The maximum atomic E-state index is 12.6. The molecule has 7 heteroatoms. The molecule has 0 spiro atoms. The van der Waals surface area contributed by atoms with Crippen LogP contribution in [0.2, 0.25) is 0 Å². The first-order valence-electron chi connectivity index (χ1n) is 8.41. The van der Waals surface area contributed by atoms with Crippen LogP contribution in [0.1, 0.15) is 13.8 Å². The van der Waals surface area contributed by atoms with E-state index in [1.165, 1.54) is 6.20 Å². The number of rotatable bonds is 3. The van der Waals surface area contributed by atoms with Gasteiger partial charge in [0.05, 0.1) is 41.1 Å². The highest BCUT2D eigenvalue weighted by Gasteiger charge is 2.44. The Hall–Kier alpha value is -3.71. The van der Waals surface area contributed by atoms with E-state index in [1.807, 2.05) is 13.0 Å². The van der Waals surface area contributed by atoms with E-state index in [2.05, 4.69) is 32.7 Å². The van der Waals surface area contributed by atoms with Gasteiger partial charge < -0.3 is 10.6 Å². The number of aliphatic imine (C=N–C) groups is 1. The third-order valence-corrected chi connectivity index (χ3v) is 4.71. The van der Waals surface area contributed by atoms with Gasteiger partial charge in [-0.15, -0.1) is 0 Å². The Morgan fingerprint density at radius 1 is 1.41 bits per heavy atom. The molecule has 3 unspecified atom stereocenters. The summed E-state index contributed by atoms with van der Waals surface area (Å²) < 4.78 is 0. The molecule has 3 heterocycles. The maximum Gasteiger partial charge on any atom is 0.271 e. The third kappa shape index (κ3) is 3.49. The van der Waals surface area contributed by atoms with Crippen molar-refractivity contribution in [3.05, 3.63) is 60.2 Å². The fourth-order valence-electron chi connectivity index (χ4n) is 3.36. The zero-order valence-electron chi connectivity index (χ0n) is 15.0. The average molecular weight is 358 g/mol. The second kappa shape index (κ2) is 7.27. The Labute approximate surface area is 157 Å². The summed E-state index contributed by atoms with van der Waals surface area (Å²) in [6, 6.07) is 7.87. The van der Waals surface area contributed by atoms with Crippen molar-refractivity contribution >= 4 is 17.3 Å². The number of nitrogens with zero attached hydrogens (tertiary/aromatic N) is 4. The van der Waals surface area contributed by atoms with Gasteiger partial charge in [-0.05, 0) is 32.1 Å². The first kappa shape index (κ1) is 18.1. The molecular formula is C20H18N6O. The molecule has 7 nitrogen and oxygen atoms in total. The molecule has 1 aromatic heterocycles. The normalized spacial score (nSPS) is 26.4. The third-order valence-electron chi connectivity index (χ3n) is 4.71. The number of nitrogens with one attached hydrogen (secondary N) is 2. The molecule has 0 radical (unpaired) electrons. The summed E-state index contributed by atoms with van der Waals surface area (Å²) >= 11 is 0. The topological polar surface area (TPSA) is 114 Å². The number of carbonyl (C=O) groups excluding carboxylic acids is 1. The quantitative estimate of drug-likeness (QED) is 0.861. The van der Waals surface area contributed by atoms with Crippen LogP contribution in [0.4, 0.5) is 5.69 Å². The van der Waals surface area contributed by atoms with Crippen molar-refractivity contribution in [1.29, 1.82) is 10.5 Å². The van der Waals surface area contributed by atoms with Crippen LogP contribution in [-0.2, 0) is 4.79 Å². The largest absolute Gasteiger partial charge is 0.371 e. The van der Waals surface area contributed by atoms with E-state index in [1.54, 1.807) is 43.6 Å². The Kier molecular flexibility index (Phi) is 4.87. The summed E-state index contributed by atoms with van der Waals surface area (Å²) in [5, 5.41) is 25.2. The van der Waals surface area contributed by atoms with E-state index in [0.29, 0.717) is 22.7 Å². The number of amides is 1. The van der Waals surface area contributed by atoms with Gasteiger partial charge in [0.2, 0.25) is 0 Å². The van der Waals surface area contributed by atoms with Crippen molar-refractivity contribution in [3.63, 3.8) is 0 Å². The lowest BCUT2D eigenvalue weighted by Gasteiger charge is -2.41. The second-order valence-corrected chi connectivity index (χ2v) is 6.59. The van der Waals surface area contributed by atoms with E-state index >= 15 is 0 Å². The van der Waals surface area contributed by atoms with Crippen molar-refractivity contribution in [2.24, 2.45) is 16.8 Å². The zero-order valence-corrected chi connectivity index (χ0v) is 15.0. The number of hydrogen-bond donors (Lipinski definition) is 2. The standard InChI is InChI=1S/C20H18N6O/c1-13-16(10-22)18(14(9-21)11-24-13)20(2)7-3-6-17(26-20)19(27)25-15-5-4-8-23-12-15/h3-8,11-12,16,18,26H,1-2H3,(H,25,27). The van der Waals surface area contributed by atoms with Gasteiger partial charge >= 0.3 is 0 Å². The average Bonchev–Trinajstić information content (AvgIpc) is 2.68. The molecule has 0 saturated carbocycles. The fourth-order valence-corrected chi connectivity index (χ4v) is 3.36. The van der Waals surface area contributed by atoms with Gasteiger partial charge in [0.1, 0.15) is 5.70 Å². The molecule has 0 aliphatic carbocycles. The molecule has 2 N–H and O–H groups in total. The molecule has 134 valence electrons. The van der Waals surface area contributed by atoms with Crippen molar-refractivity contribution in [1.82, 2.24) is 10.3 Å². The van der Waals surface area contributed by atoms with Crippen LogP contribution >= 0.6 is 0 Å². The van der Waals surface area contributed by atoms with Crippen molar-refractivity contribution in [3.8, 4) is 12.1 Å². The van der Waals surface area contributed by atoms with E-state index < -0.39 is 17.4 Å². The van der Waals surface area contributed by atoms with Crippen molar-refractivity contribution in [2.75, 3.05) is 5.32 Å². The highest BCUT2D eigenvalue weighted by atomic mass is 16.2. The molecule has 27 heavy (non-hydrogen) atoms.